The number of hydrogen-bond acceptors (Lipinski definition) is 3. The van der Waals surface area contributed by atoms with Crippen LogP contribution in [-0.4, -0.2) is 40.2 Å². The zero-order valence-electron chi connectivity index (χ0n) is 16.5. The van der Waals surface area contributed by atoms with E-state index in [1.807, 2.05) is 12.3 Å². The summed E-state index contributed by atoms with van der Waals surface area (Å²) >= 11 is 0. The van der Waals surface area contributed by atoms with E-state index in [4.69, 9.17) is 0 Å². The molecule has 29 heavy (non-hydrogen) atoms. The Morgan fingerprint density at radius 1 is 1.10 bits per heavy atom. The van der Waals surface area contributed by atoms with Gasteiger partial charge in [0.2, 0.25) is 0 Å². The second kappa shape index (κ2) is 8.14. The molecule has 1 atom stereocenters. The highest BCUT2D eigenvalue weighted by molar-refractivity contribution is 5.94. The molecule has 4 nitrogen and oxygen atoms in total. The van der Waals surface area contributed by atoms with Gasteiger partial charge in [0.1, 0.15) is 0 Å². The van der Waals surface area contributed by atoms with Gasteiger partial charge in [-0.25, -0.2) is 0 Å². The third kappa shape index (κ3) is 4.45. The number of pyridine rings is 1. The van der Waals surface area contributed by atoms with Crippen LogP contribution in [0.1, 0.15) is 60.0 Å². The number of rotatable bonds is 4. The first-order valence-corrected chi connectivity index (χ1v) is 9.68. The quantitative estimate of drug-likeness (QED) is 0.804. The molecule has 0 aliphatic heterocycles. The van der Waals surface area contributed by atoms with Crippen molar-refractivity contribution in [2.75, 3.05) is 7.05 Å². The van der Waals surface area contributed by atoms with Crippen molar-refractivity contribution < 1.29 is 23.1 Å². The SMILES string of the molecule is CN(C(=O)c1ccc([C@](C)(O)C(F)(F)F)cc1)C1CCC(c2cccnc2)CC1. The third-order valence-electron chi connectivity index (χ3n) is 5.97. The van der Waals surface area contributed by atoms with E-state index in [1.54, 1.807) is 18.1 Å². The summed E-state index contributed by atoms with van der Waals surface area (Å²) in [5.41, 5.74) is -1.72. The van der Waals surface area contributed by atoms with Crippen molar-refractivity contribution in [1.29, 1.82) is 0 Å². The molecule has 0 unspecified atom stereocenters. The summed E-state index contributed by atoms with van der Waals surface area (Å²) in [5, 5.41) is 9.76. The summed E-state index contributed by atoms with van der Waals surface area (Å²) in [6.07, 6.45) is 2.49. The summed E-state index contributed by atoms with van der Waals surface area (Å²) in [6, 6.07) is 9.10. The Morgan fingerprint density at radius 2 is 1.72 bits per heavy atom. The number of aliphatic hydroxyl groups is 1. The number of alkyl halides is 3. The first-order chi connectivity index (χ1) is 13.6. The average Bonchev–Trinajstić information content (AvgIpc) is 2.73. The average molecular weight is 406 g/mol. The summed E-state index contributed by atoms with van der Waals surface area (Å²) < 4.78 is 38.9. The maximum absolute atomic E-state index is 13.0. The van der Waals surface area contributed by atoms with Gasteiger partial charge in [-0.05, 0) is 67.9 Å². The van der Waals surface area contributed by atoms with Crippen molar-refractivity contribution in [1.82, 2.24) is 9.88 Å². The predicted octanol–water partition coefficient (Wildman–Crippen LogP) is 4.65. The smallest absolute Gasteiger partial charge is 0.376 e. The Balaban J connectivity index is 1.63. The van der Waals surface area contributed by atoms with E-state index in [2.05, 4.69) is 11.1 Å². The molecule has 1 aliphatic carbocycles. The van der Waals surface area contributed by atoms with Gasteiger partial charge in [0, 0.05) is 31.0 Å². The molecule has 1 N–H and O–H groups in total. The first kappa shape index (κ1) is 21.3. The van der Waals surface area contributed by atoms with Crippen molar-refractivity contribution in [3.63, 3.8) is 0 Å². The second-order valence-electron chi connectivity index (χ2n) is 7.86. The summed E-state index contributed by atoms with van der Waals surface area (Å²) in [6.45, 7) is 0.705. The zero-order chi connectivity index (χ0) is 21.2. The molecule has 1 aromatic carbocycles. The molecule has 1 aliphatic rings. The Kier molecular flexibility index (Phi) is 5.98. The minimum Gasteiger partial charge on any atom is -0.376 e. The van der Waals surface area contributed by atoms with E-state index in [0.717, 1.165) is 37.8 Å². The fraction of sp³-hybridized carbons (Fsp3) is 0.455. The number of hydrogen-bond donors (Lipinski definition) is 1. The van der Waals surface area contributed by atoms with Gasteiger partial charge in [-0.15, -0.1) is 0 Å². The van der Waals surface area contributed by atoms with Gasteiger partial charge in [0.15, 0.2) is 5.60 Å². The molecule has 0 spiro atoms. The van der Waals surface area contributed by atoms with Crippen LogP contribution in [0, 0.1) is 0 Å². The first-order valence-electron chi connectivity index (χ1n) is 9.68. The molecule has 1 fully saturated rings. The van der Waals surface area contributed by atoms with Gasteiger partial charge in [-0.1, -0.05) is 18.2 Å². The van der Waals surface area contributed by atoms with E-state index >= 15 is 0 Å². The van der Waals surface area contributed by atoms with E-state index in [1.165, 1.54) is 17.7 Å². The fourth-order valence-corrected chi connectivity index (χ4v) is 3.88. The number of benzene rings is 1. The topological polar surface area (TPSA) is 53.4 Å². The van der Waals surface area contributed by atoms with E-state index in [0.29, 0.717) is 18.4 Å². The van der Waals surface area contributed by atoms with Crippen LogP contribution in [0.25, 0.3) is 0 Å². The van der Waals surface area contributed by atoms with Crippen molar-refractivity contribution in [3.8, 4) is 0 Å². The molecule has 1 aromatic heterocycles. The van der Waals surface area contributed by atoms with Crippen LogP contribution in [0.4, 0.5) is 13.2 Å². The molecule has 0 saturated heterocycles. The molecule has 1 heterocycles. The van der Waals surface area contributed by atoms with E-state index < -0.39 is 11.8 Å². The van der Waals surface area contributed by atoms with Crippen LogP contribution in [-0.2, 0) is 5.60 Å². The monoisotopic (exact) mass is 406 g/mol. The standard InChI is InChI=1S/C22H25F3N2O2/c1-21(29,22(23,24)25)18-9-5-16(6-10-18)20(28)27(2)19-11-7-15(8-12-19)17-4-3-13-26-14-17/h3-6,9-10,13-15,19,29H,7-8,11-12H2,1-2H3/t15?,19?,21-/m0/s1. The van der Waals surface area contributed by atoms with Crippen molar-refractivity contribution in [2.45, 2.75) is 56.3 Å². The Bertz CT molecular complexity index is 827. The number of aromatic nitrogens is 1. The highest BCUT2D eigenvalue weighted by Crippen LogP contribution is 2.38. The number of halogens is 3. The minimum atomic E-state index is -4.79. The van der Waals surface area contributed by atoms with Crippen molar-refractivity contribution >= 4 is 5.91 Å². The normalized spacial score (nSPS) is 22.0. The van der Waals surface area contributed by atoms with Crippen LogP contribution in [0.2, 0.25) is 0 Å². The highest BCUT2D eigenvalue weighted by atomic mass is 19.4. The second-order valence-corrected chi connectivity index (χ2v) is 7.86. The van der Waals surface area contributed by atoms with E-state index in [-0.39, 0.29) is 17.5 Å². The van der Waals surface area contributed by atoms with Crippen LogP contribution in [0.5, 0.6) is 0 Å². The number of amides is 1. The molecule has 0 radical (unpaired) electrons. The van der Waals surface area contributed by atoms with Crippen LogP contribution < -0.4 is 0 Å². The Morgan fingerprint density at radius 3 is 2.24 bits per heavy atom. The molecule has 3 rings (SSSR count). The molecule has 156 valence electrons. The van der Waals surface area contributed by atoms with Crippen LogP contribution in [0.15, 0.2) is 48.8 Å². The van der Waals surface area contributed by atoms with Gasteiger partial charge in [0.25, 0.3) is 5.91 Å². The number of nitrogens with zero attached hydrogens (tertiary/aromatic N) is 2. The summed E-state index contributed by atoms with van der Waals surface area (Å²) in [7, 11) is 1.73. The minimum absolute atomic E-state index is 0.0911. The van der Waals surface area contributed by atoms with Crippen LogP contribution >= 0.6 is 0 Å². The highest BCUT2D eigenvalue weighted by Gasteiger charge is 2.51. The van der Waals surface area contributed by atoms with Gasteiger partial charge in [-0.2, -0.15) is 13.2 Å². The van der Waals surface area contributed by atoms with Gasteiger partial charge in [-0.3, -0.25) is 9.78 Å². The Labute approximate surface area is 168 Å². The lowest BCUT2D eigenvalue weighted by molar-refractivity contribution is -0.258. The number of carbonyl (C=O) groups is 1. The lowest BCUT2D eigenvalue weighted by Crippen LogP contribution is -2.40. The molecule has 7 heteroatoms. The molecule has 1 saturated carbocycles. The summed E-state index contributed by atoms with van der Waals surface area (Å²) in [5.74, 6) is 0.209. The summed E-state index contributed by atoms with van der Waals surface area (Å²) in [4.78, 5) is 18.6. The maximum Gasteiger partial charge on any atom is 0.421 e. The zero-order valence-corrected chi connectivity index (χ0v) is 16.5. The predicted molar refractivity (Wildman–Crippen MR) is 103 cm³/mol. The van der Waals surface area contributed by atoms with Gasteiger partial charge >= 0.3 is 6.18 Å². The van der Waals surface area contributed by atoms with E-state index in [9.17, 15) is 23.1 Å². The Hall–Kier alpha value is -2.41. The van der Waals surface area contributed by atoms with Crippen molar-refractivity contribution in [3.05, 3.63) is 65.5 Å². The molecular weight excluding hydrogens is 381 g/mol. The lowest BCUT2D eigenvalue weighted by atomic mass is 9.82. The van der Waals surface area contributed by atoms with Crippen molar-refractivity contribution in [2.24, 2.45) is 0 Å². The molecule has 1 amide bonds. The maximum atomic E-state index is 13.0. The van der Waals surface area contributed by atoms with Gasteiger partial charge in [0.05, 0.1) is 0 Å². The third-order valence-corrected chi connectivity index (χ3v) is 5.97. The lowest BCUT2D eigenvalue weighted by Gasteiger charge is -2.35. The fourth-order valence-electron chi connectivity index (χ4n) is 3.88. The molecule has 0 bridgehead atoms. The van der Waals surface area contributed by atoms with Gasteiger partial charge < -0.3 is 10.0 Å². The largest absolute Gasteiger partial charge is 0.421 e. The molecular formula is C22H25F3N2O2. The number of carbonyl (C=O) groups excluding carboxylic acids is 1. The van der Waals surface area contributed by atoms with Crippen LogP contribution in [0.3, 0.4) is 0 Å². The molecule has 2 aromatic rings.